The van der Waals surface area contributed by atoms with E-state index in [9.17, 15) is 4.79 Å². The van der Waals surface area contributed by atoms with Crippen LogP contribution in [0.5, 0.6) is 0 Å². The van der Waals surface area contributed by atoms with Gasteiger partial charge in [-0.25, -0.2) is 0 Å². The number of hydrogen-bond acceptors (Lipinski definition) is 2. The molecule has 0 saturated carbocycles. The van der Waals surface area contributed by atoms with Crippen molar-refractivity contribution in [2.24, 2.45) is 5.73 Å². The Kier molecular flexibility index (Phi) is 4.15. The van der Waals surface area contributed by atoms with Gasteiger partial charge in [0.1, 0.15) is 0 Å². The highest BCUT2D eigenvalue weighted by molar-refractivity contribution is 5.74. The van der Waals surface area contributed by atoms with Crippen LogP contribution in [0.4, 0.5) is 0 Å². The SMILES string of the molecule is NC(=O)CCc1cccc(C2CCNCC2)c1. The zero-order valence-corrected chi connectivity index (χ0v) is 10.1. The minimum absolute atomic E-state index is 0.225. The van der Waals surface area contributed by atoms with Gasteiger partial charge in [-0.05, 0) is 49.4 Å². The molecule has 0 atom stereocenters. The van der Waals surface area contributed by atoms with Crippen LogP contribution in [-0.2, 0) is 11.2 Å². The molecule has 0 unspecified atom stereocenters. The normalized spacial score (nSPS) is 16.9. The summed E-state index contributed by atoms with van der Waals surface area (Å²) >= 11 is 0. The summed E-state index contributed by atoms with van der Waals surface area (Å²) in [5, 5.41) is 3.38. The molecular formula is C14H20N2O. The maximum atomic E-state index is 10.8. The van der Waals surface area contributed by atoms with Crippen LogP contribution < -0.4 is 11.1 Å². The Balaban J connectivity index is 2.02. The Hall–Kier alpha value is -1.35. The molecule has 1 saturated heterocycles. The summed E-state index contributed by atoms with van der Waals surface area (Å²) in [6, 6.07) is 8.60. The summed E-state index contributed by atoms with van der Waals surface area (Å²) in [7, 11) is 0. The van der Waals surface area contributed by atoms with Crippen molar-refractivity contribution in [3.63, 3.8) is 0 Å². The third kappa shape index (κ3) is 3.56. The lowest BCUT2D eigenvalue weighted by Crippen LogP contribution is -2.26. The monoisotopic (exact) mass is 232 g/mol. The fraction of sp³-hybridized carbons (Fsp3) is 0.500. The molecule has 1 fully saturated rings. The number of rotatable bonds is 4. The van der Waals surface area contributed by atoms with Crippen molar-refractivity contribution < 1.29 is 4.79 Å². The van der Waals surface area contributed by atoms with Gasteiger partial charge in [-0.1, -0.05) is 24.3 Å². The van der Waals surface area contributed by atoms with E-state index in [4.69, 9.17) is 5.73 Å². The second-order valence-corrected chi connectivity index (χ2v) is 4.74. The molecule has 1 aromatic carbocycles. The van der Waals surface area contributed by atoms with Crippen molar-refractivity contribution in [1.29, 1.82) is 0 Å². The number of carbonyl (C=O) groups excluding carboxylic acids is 1. The Bertz CT molecular complexity index is 384. The average Bonchev–Trinajstić information content (AvgIpc) is 2.38. The molecule has 3 nitrogen and oxygen atoms in total. The fourth-order valence-electron chi connectivity index (χ4n) is 2.43. The van der Waals surface area contributed by atoms with Crippen molar-refractivity contribution in [2.45, 2.75) is 31.6 Å². The van der Waals surface area contributed by atoms with Gasteiger partial charge in [0.25, 0.3) is 0 Å². The van der Waals surface area contributed by atoms with Crippen molar-refractivity contribution in [3.05, 3.63) is 35.4 Å². The zero-order valence-electron chi connectivity index (χ0n) is 10.1. The second kappa shape index (κ2) is 5.82. The van der Waals surface area contributed by atoms with Gasteiger partial charge in [0.15, 0.2) is 0 Å². The lowest BCUT2D eigenvalue weighted by atomic mass is 9.89. The molecule has 1 aliphatic rings. The van der Waals surface area contributed by atoms with E-state index in [1.165, 1.54) is 24.0 Å². The first-order valence-electron chi connectivity index (χ1n) is 6.33. The zero-order chi connectivity index (χ0) is 12.1. The van der Waals surface area contributed by atoms with Gasteiger partial charge in [0.05, 0.1) is 0 Å². The van der Waals surface area contributed by atoms with Gasteiger partial charge >= 0.3 is 0 Å². The largest absolute Gasteiger partial charge is 0.370 e. The van der Waals surface area contributed by atoms with Crippen LogP contribution in [-0.4, -0.2) is 19.0 Å². The van der Waals surface area contributed by atoms with Gasteiger partial charge in [0.2, 0.25) is 5.91 Å². The van der Waals surface area contributed by atoms with Crippen LogP contribution in [0.25, 0.3) is 0 Å². The number of primary amides is 1. The lowest BCUT2D eigenvalue weighted by molar-refractivity contribution is -0.117. The van der Waals surface area contributed by atoms with Gasteiger partial charge < -0.3 is 11.1 Å². The minimum Gasteiger partial charge on any atom is -0.370 e. The standard InChI is InChI=1S/C14H20N2O/c15-14(17)5-4-11-2-1-3-13(10-11)12-6-8-16-9-7-12/h1-3,10,12,16H,4-9H2,(H2,15,17). The van der Waals surface area contributed by atoms with Crippen LogP contribution in [0, 0.1) is 0 Å². The highest BCUT2D eigenvalue weighted by atomic mass is 16.1. The quantitative estimate of drug-likeness (QED) is 0.828. The summed E-state index contributed by atoms with van der Waals surface area (Å²) in [6.45, 7) is 2.21. The molecule has 1 heterocycles. The smallest absolute Gasteiger partial charge is 0.217 e. The Morgan fingerprint density at radius 1 is 1.35 bits per heavy atom. The van der Waals surface area contributed by atoms with E-state index in [2.05, 4.69) is 29.6 Å². The molecule has 0 radical (unpaired) electrons. The summed E-state index contributed by atoms with van der Waals surface area (Å²) < 4.78 is 0. The molecule has 17 heavy (non-hydrogen) atoms. The molecule has 0 aliphatic carbocycles. The number of benzene rings is 1. The van der Waals surface area contributed by atoms with E-state index in [0.29, 0.717) is 12.3 Å². The van der Waals surface area contributed by atoms with E-state index in [-0.39, 0.29) is 5.91 Å². The Morgan fingerprint density at radius 2 is 2.12 bits per heavy atom. The first kappa shape index (κ1) is 12.1. The summed E-state index contributed by atoms with van der Waals surface area (Å²) in [5.74, 6) is 0.446. The first-order valence-corrected chi connectivity index (χ1v) is 6.33. The van der Waals surface area contributed by atoms with E-state index < -0.39 is 0 Å². The number of nitrogens with two attached hydrogens (primary N) is 1. The highest BCUT2D eigenvalue weighted by Crippen LogP contribution is 2.25. The van der Waals surface area contributed by atoms with Crippen molar-refractivity contribution in [2.75, 3.05) is 13.1 Å². The molecular weight excluding hydrogens is 212 g/mol. The highest BCUT2D eigenvalue weighted by Gasteiger charge is 2.15. The molecule has 1 aliphatic heterocycles. The predicted molar refractivity (Wildman–Crippen MR) is 68.8 cm³/mol. The van der Waals surface area contributed by atoms with Crippen LogP contribution in [0.15, 0.2) is 24.3 Å². The molecule has 92 valence electrons. The number of carbonyl (C=O) groups is 1. The molecule has 0 spiro atoms. The first-order chi connectivity index (χ1) is 8.25. The van der Waals surface area contributed by atoms with Crippen LogP contribution in [0.1, 0.15) is 36.3 Å². The van der Waals surface area contributed by atoms with Gasteiger partial charge in [-0.3, -0.25) is 4.79 Å². The van der Waals surface area contributed by atoms with Crippen LogP contribution >= 0.6 is 0 Å². The second-order valence-electron chi connectivity index (χ2n) is 4.74. The predicted octanol–water partition coefficient (Wildman–Crippen LogP) is 1.57. The number of hydrogen-bond donors (Lipinski definition) is 2. The molecule has 1 aromatic rings. The maximum Gasteiger partial charge on any atom is 0.217 e. The van der Waals surface area contributed by atoms with Gasteiger partial charge in [-0.2, -0.15) is 0 Å². The number of nitrogens with one attached hydrogen (secondary N) is 1. The molecule has 3 N–H and O–H groups in total. The van der Waals surface area contributed by atoms with E-state index in [1.807, 2.05) is 0 Å². The number of piperidine rings is 1. The topological polar surface area (TPSA) is 55.1 Å². The molecule has 2 rings (SSSR count). The maximum absolute atomic E-state index is 10.8. The Morgan fingerprint density at radius 3 is 2.82 bits per heavy atom. The average molecular weight is 232 g/mol. The lowest BCUT2D eigenvalue weighted by Gasteiger charge is -2.23. The molecule has 3 heteroatoms. The summed E-state index contributed by atoms with van der Waals surface area (Å²) in [4.78, 5) is 10.8. The Labute approximate surface area is 102 Å². The van der Waals surface area contributed by atoms with Gasteiger partial charge in [-0.15, -0.1) is 0 Å². The molecule has 0 aromatic heterocycles. The third-order valence-electron chi connectivity index (χ3n) is 3.42. The van der Waals surface area contributed by atoms with Crippen molar-refractivity contribution in [1.82, 2.24) is 5.32 Å². The summed E-state index contributed by atoms with van der Waals surface area (Å²) in [6.07, 6.45) is 3.61. The number of amides is 1. The minimum atomic E-state index is -0.225. The third-order valence-corrected chi connectivity index (χ3v) is 3.42. The fourth-order valence-corrected chi connectivity index (χ4v) is 2.43. The number of aryl methyl sites for hydroxylation is 1. The molecule has 0 bridgehead atoms. The van der Waals surface area contributed by atoms with Crippen LogP contribution in [0.3, 0.4) is 0 Å². The summed E-state index contributed by atoms with van der Waals surface area (Å²) in [5.41, 5.74) is 7.81. The van der Waals surface area contributed by atoms with E-state index in [1.54, 1.807) is 0 Å². The van der Waals surface area contributed by atoms with Crippen molar-refractivity contribution in [3.8, 4) is 0 Å². The van der Waals surface area contributed by atoms with Crippen molar-refractivity contribution >= 4 is 5.91 Å². The van der Waals surface area contributed by atoms with E-state index >= 15 is 0 Å². The van der Waals surface area contributed by atoms with Gasteiger partial charge in [0, 0.05) is 6.42 Å². The van der Waals surface area contributed by atoms with E-state index in [0.717, 1.165) is 19.5 Å². The molecule has 1 amide bonds. The van der Waals surface area contributed by atoms with Crippen LogP contribution in [0.2, 0.25) is 0 Å².